The summed E-state index contributed by atoms with van der Waals surface area (Å²) in [5.74, 6) is 4.26. The fourth-order valence-corrected chi connectivity index (χ4v) is 2.64. The number of nitrogens with zero attached hydrogens (tertiary/aromatic N) is 1. The Balaban J connectivity index is 2.74. The second-order valence-corrected chi connectivity index (χ2v) is 5.75. The van der Waals surface area contributed by atoms with Crippen molar-refractivity contribution in [1.29, 1.82) is 0 Å². The molecule has 17 heavy (non-hydrogen) atoms. The van der Waals surface area contributed by atoms with E-state index in [1.54, 1.807) is 0 Å². The monoisotopic (exact) mass is 236 g/mol. The predicted molar refractivity (Wildman–Crippen MR) is 74.9 cm³/mol. The van der Waals surface area contributed by atoms with Crippen molar-refractivity contribution < 1.29 is 0 Å². The van der Waals surface area contributed by atoms with Gasteiger partial charge in [-0.1, -0.05) is 40.0 Å². The van der Waals surface area contributed by atoms with Gasteiger partial charge in [0, 0.05) is 25.2 Å². The third-order valence-electron chi connectivity index (χ3n) is 4.26. The molecule has 1 N–H and O–H groups in total. The Bertz CT molecular complexity index is 267. The Morgan fingerprint density at radius 2 is 2.00 bits per heavy atom. The van der Waals surface area contributed by atoms with Crippen LogP contribution in [-0.2, 0) is 0 Å². The van der Waals surface area contributed by atoms with Gasteiger partial charge in [0.1, 0.15) is 0 Å². The molecule has 0 saturated carbocycles. The fourth-order valence-electron chi connectivity index (χ4n) is 2.64. The van der Waals surface area contributed by atoms with Crippen molar-refractivity contribution in [3.63, 3.8) is 0 Å². The summed E-state index contributed by atoms with van der Waals surface area (Å²) in [4.78, 5) is 2.51. The van der Waals surface area contributed by atoms with Crippen molar-refractivity contribution in [2.45, 2.75) is 59.2 Å². The van der Waals surface area contributed by atoms with Gasteiger partial charge in [-0.05, 0) is 18.8 Å². The number of hydrogen-bond donors (Lipinski definition) is 1. The Kier molecular flexibility index (Phi) is 5.49. The molecule has 1 heterocycles. The smallest absolute Gasteiger partial charge is 0.0686 e. The molecule has 1 rings (SSSR count). The minimum Gasteiger partial charge on any atom is -0.311 e. The van der Waals surface area contributed by atoms with E-state index >= 15 is 0 Å². The van der Waals surface area contributed by atoms with Crippen LogP contribution in [0.5, 0.6) is 0 Å². The zero-order valence-electron chi connectivity index (χ0n) is 12.0. The molecule has 0 amide bonds. The molecule has 1 aliphatic rings. The van der Waals surface area contributed by atoms with E-state index in [4.69, 9.17) is 6.42 Å². The first-order valence-corrected chi connectivity index (χ1v) is 6.96. The highest BCUT2D eigenvalue weighted by Gasteiger charge is 2.33. The van der Waals surface area contributed by atoms with Gasteiger partial charge < -0.3 is 5.32 Å². The molecular formula is C15H28N2. The Hall–Kier alpha value is -0.520. The van der Waals surface area contributed by atoms with Gasteiger partial charge in [-0.25, -0.2) is 0 Å². The van der Waals surface area contributed by atoms with Gasteiger partial charge in [-0.15, -0.1) is 6.42 Å². The molecule has 0 aromatic rings. The SMILES string of the molecule is C#CC(C)N1CC(C(C)CC)NCC1C(C)C. The molecule has 2 nitrogen and oxygen atoms in total. The highest BCUT2D eigenvalue weighted by atomic mass is 15.3. The lowest BCUT2D eigenvalue weighted by molar-refractivity contribution is 0.0676. The van der Waals surface area contributed by atoms with E-state index in [0.29, 0.717) is 18.0 Å². The van der Waals surface area contributed by atoms with Crippen LogP contribution in [0.4, 0.5) is 0 Å². The minimum atomic E-state index is 0.246. The van der Waals surface area contributed by atoms with E-state index < -0.39 is 0 Å². The summed E-state index contributed by atoms with van der Waals surface area (Å²) < 4.78 is 0. The third kappa shape index (κ3) is 3.47. The van der Waals surface area contributed by atoms with Gasteiger partial charge in [0.25, 0.3) is 0 Å². The maximum atomic E-state index is 5.61. The van der Waals surface area contributed by atoms with Crippen LogP contribution in [0.25, 0.3) is 0 Å². The third-order valence-corrected chi connectivity index (χ3v) is 4.26. The van der Waals surface area contributed by atoms with E-state index in [2.05, 4.69) is 50.8 Å². The van der Waals surface area contributed by atoms with Crippen molar-refractivity contribution in [3.05, 3.63) is 0 Å². The summed E-state index contributed by atoms with van der Waals surface area (Å²) >= 11 is 0. The van der Waals surface area contributed by atoms with Crippen LogP contribution >= 0.6 is 0 Å². The minimum absolute atomic E-state index is 0.246. The molecule has 0 aromatic heterocycles. The van der Waals surface area contributed by atoms with E-state index in [0.717, 1.165) is 19.0 Å². The van der Waals surface area contributed by atoms with Gasteiger partial charge in [0.15, 0.2) is 0 Å². The Labute approximate surface area is 107 Å². The number of terminal acetylenes is 1. The fraction of sp³-hybridized carbons (Fsp3) is 0.867. The number of hydrogen-bond acceptors (Lipinski definition) is 2. The quantitative estimate of drug-likeness (QED) is 0.754. The second kappa shape index (κ2) is 6.42. The lowest BCUT2D eigenvalue weighted by Gasteiger charge is -2.45. The molecule has 1 fully saturated rings. The van der Waals surface area contributed by atoms with Crippen LogP contribution in [-0.4, -0.2) is 36.1 Å². The number of piperazine rings is 1. The van der Waals surface area contributed by atoms with Crippen molar-refractivity contribution in [2.75, 3.05) is 13.1 Å². The summed E-state index contributed by atoms with van der Waals surface area (Å²) in [5.41, 5.74) is 0. The first-order chi connectivity index (χ1) is 8.01. The highest BCUT2D eigenvalue weighted by molar-refractivity contribution is 5.02. The highest BCUT2D eigenvalue weighted by Crippen LogP contribution is 2.21. The van der Waals surface area contributed by atoms with Crippen LogP contribution in [0, 0.1) is 24.2 Å². The zero-order chi connectivity index (χ0) is 13.0. The molecule has 0 radical (unpaired) electrons. The van der Waals surface area contributed by atoms with Crippen LogP contribution in [0.2, 0.25) is 0 Å². The summed E-state index contributed by atoms with van der Waals surface area (Å²) in [6, 6.07) is 1.41. The van der Waals surface area contributed by atoms with Crippen LogP contribution in [0.1, 0.15) is 41.0 Å². The molecule has 1 aliphatic heterocycles. The van der Waals surface area contributed by atoms with Crippen molar-refractivity contribution in [1.82, 2.24) is 10.2 Å². The molecular weight excluding hydrogens is 208 g/mol. The number of rotatable bonds is 4. The first-order valence-electron chi connectivity index (χ1n) is 6.96. The molecule has 4 unspecified atom stereocenters. The normalized spacial score (nSPS) is 29.9. The number of nitrogens with one attached hydrogen (secondary N) is 1. The van der Waals surface area contributed by atoms with Gasteiger partial charge in [0.2, 0.25) is 0 Å². The van der Waals surface area contributed by atoms with Crippen LogP contribution in [0.15, 0.2) is 0 Å². The average Bonchev–Trinajstić information content (AvgIpc) is 2.35. The summed E-state index contributed by atoms with van der Waals surface area (Å²) in [5, 5.41) is 3.70. The molecule has 0 aliphatic carbocycles. The van der Waals surface area contributed by atoms with Crippen molar-refractivity contribution >= 4 is 0 Å². The molecule has 98 valence electrons. The largest absolute Gasteiger partial charge is 0.311 e. The average molecular weight is 236 g/mol. The maximum absolute atomic E-state index is 5.61. The molecule has 0 spiro atoms. The van der Waals surface area contributed by atoms with Crippen molar-refractivity contribution in [2.24, 2.45) is 11.8 Å². The molecule has 2 heteroatoms. The van der Waals surface area contributed by atoms with Gasteiger partial charge in [-0.3, -0.25) is 4.90 Å². The van der Waals surface area contributed by atoms with E-state index in [9.17, 15) is 0 Å². The standard InChI is InChI=1S/C15H28N2/c1-7-12(5)14-10-17(13(6)8-2)15(9-16-14)11(3)4/h2,11-16H,7,9-10H2,1,3-6H3. The summed E-state index contributed by atoms with van der Waals surface area (Å²) in [6.45, 7) is 13.5. The Morgan fingerprint density at radius 3 is 2.47 bits per heavy atom. The molecule has 1 saturated heterocycles. The van der Waals surface area contributed by atoms with Gasteiger partial charge in [-0.2, -0.15) is 0 Å². The van der Waals surface area contributed by atoms with Crippen molar-refractivity contribution in [3.8, 4) is 12.3 Å². The lowest BCUT2D eigenvalue weighted by Crippen LogP contribution is -2.61. The van der Waals surface area contributed by atoms with Gasteiger partial charge >= 0.3 is 0 Å². The van der Waals surface area contributed by atoms with E-state index in [-0.39, 0.29) is 6.04 Å². The molecule has 4 atom stereocenters. The van der Waals surface area contributed by atoms with Crippen LogP contribution in [0.3, 0.4) is 0 Å². The first kappa shape index (κ1) is 14.5. The maximum Gasteiger partial charge on any atom is 0.0686 e. The van der Waals surface area contributed by atoms with Crippen LogP contribution < -0.4 is 5.32 Å². The second-order valence-electron chi connectivity index (χ2n) is 5.75. The topological polar surface area (TPSA) is 15.3 Å². The zero-order valence-corrected chi connectivity index (χ0v) is 12.0. The molecule has 0 bridgehead atoms. The van der Waals surface area contributed by atoms with E-state index in [1.165, 1.54) is 6.42 Å². The van der Waals surface area contributed by atoms with Gasteiger partial charge in [0.05, 0.1) is 6.04 Å². The van der Waals surface area contributed by atoms with E-state index in [1.807, 2.05) is 0 Å². The predicted octanol–water partition coefficient (Wildman–Crippen LogP) is 2.35. The summed E-state index contributed by atoms with van der Waals surface area (Å²) in [7, 11) is 0. The summed E-state index contributed by atoms with van der Waals surface area (Å²) in [6.07, 6.45) is 6.83. The lowest BCUT2D eigenvalue weighted by atomic mass is 9.91. The Morgan fingerprint density at radius 1 is 1.35 bits per heavy atom. The molecule has 0 aromatic carbocycles.